The fourth-order valence-electron chi connectivity index (χ4n) is 4.72. The smallest absolute Gasteiger partial charge is 0.459 e. The summed E-state index contributed by atoms with van der Waals surface area (Å²) in [5.41, 5.74) is 10.6. The Morgan fingerprint density at radius 3 is 2.62 bits per heavy atom. The lowest BCUT2D eigenvalue weighted by Crippen LogP contribution is -2.44. The minimum absolute atomic E-state index is 0.0109. The number of anilines is 2. The van der Waals surface area contributed by atoms with Crippen molar-refractivity contribution >= 4 is 42.6 Å². The van der Waals surface area contributed by atoms with E-state index >= 15 is 0 Å². The number of nitrogens with zero attached hydrogens (tertiary/aromatic N) is 4. The van der Waals surface area contributed by atoms with Crippen molar-refractivity contribution in [3.8, 4) is 5.75 Å². The number of aliphatic hydroxyl groups excluding tert-OH is 1. The van der Waals surface area contributed by atoms with Crippen LogP contribution >= 0.6 is 7.75 Å². The Balaban J connectivity index is 1.57. The molecule has 18 heteroatoms. The van der Waals surface area contributed by atoms with Crippen LogP contribution in [0.4, 0.5) is 11.8 Å². The largest absolute Gasteiger partial charge is 0.466 e. The topological polar surface area (TPSA) is 245 Å². The van der Waals surface area contributed by atoms with E-state index in [0.717, 1.165) is 0 Å². The van der Waals surface area contributed by atoms with E-state index < -0.39 is 56.4 Å². The first kappa shape index (κ1) is 34.0. The molecule has 0 spiro atoms. The third-order valence-corrected chi connectivity index (χ3v) is 8.60. The zero-order chi connectivity index (χ0) is 32.9. The van der Waals surface area contributed by atoms with Crippen molar-refractivity contribution in [3.63, 3.8) is 0 Å². The molecule has 45 heavy (non-hydrogen) atoms. The van der Waals surface area contributed by atoms with Crippen LogP contribution in [0, 0.1) is 0 Å². The molecular formula is C27H38N7O10P. The molecule has 1 saturated heterocycles. The van der Waals surface area contributed by atoms with E-state index in [1.807, 2.05) is 0 Å². The number of nitrogen functional groups attached to an aromatic ring is 2. The Hall–Kier alpha value is -3.86. The van der Waals surface area contributed by atoms with E-state index in [-0.39, 0.29) is 54.7 Å². The molecule has 0 aliphatic carbocycles. The first-order valence-electron chi connectivity index (χ1n) is 14.2. The highest BCUT2D eigenvalue weighted by atomic mass is 31.2. The number of aryl methyl sites for hydroxylation is 1. The van der Waals surface area contributed by atoms with Gasteiger partial charge in [0.1, 0.15) is 35.1 Å². The van der Waals surface area contributed by atoms with Crippen LogP contribution in [-0.4, -0.2) is 85.3 Å². The van der Waals surface area contributed by atoms with Crippen LogP contribution in [0.2, 0.25) is 0 Å². The summed E-state index contributed by atoms with van der Waals surface area (Å²) in [7, 11) is -4.43. The maximum atomic E-state index is 14.2. The van der Waals surface area contributed by atoms with Gasteiger partial charge < -0.3 is 40.4 Å². The van der Waals surface area contributed by atoms with Crippen molar-refractivity contribution in [1.82, 2.24) is 24.6 Å². The van der Waals surface area contributed by atoms with Gasteiger partial charge in [-0.05, 0) is 45.7 Å². The van der Waals surface area contributed by atoms with Gasteiger partial charge >= 0.3 is 19.7 Å². The van der Waals surface area contributed by atoms with Gasteiger partial charge in [0.15, 0.2) is 17.7 Å². The van der Waals surface area contributed by atoms with Crippen molar-refractivity contribution in [3.05, 3.63) is 36.2 Å². The molecule has 17 nitrogen and oxygen atoms in total. The van der Waals surface area contributed by atoms with Gasteiger partial charge in [0.2, 0.25) is 5.95 Å². The van der Waals surface area contributed by atoms with Crippen LogP contribution in [0.15, 0.2) is 30.6 Å². The normalized spacial score (nSPS) is 23.4. The van der Waals surface area contributed by atoms with E-state index in [2.05, 4.69) is 20.0 Å². The van der Waals surface area contributed by atoms with E-state index in [0.29, 0.717) is 5.56 Å². The molecule has 2 aromatic heterocycles. The van der Waals surface area contributed by atoms with Gasteiger partial charge in [-0.3, -0.25) is 18.7 Å². The summed E-state index contributed by atoms with van der Waals surface area (Å²) in [5.74, 6) is -1.14. The fourth-order valence-corrected chi connectivity index (χ4v) is 6.26. The second kappa shape index (κ2) is 14.1. The lowest BCUT2D eigenvalue weighted by Gasteiger charge is -2.27. The summed E-state index contributed by atoms with van der Waals surface area (Å²) in [6.45, 7) is 5.81. The Kier molecular flexibility index (Phi) is 10.6. The standard InChI is InChI=1S/C27H38N7O10P/c1-5-40-19(35)12-11-16-9-7-8-10-17(16)44-45(39,33-15(3)24(37)41-6-2)42-13-18-21(36)27(4,38)25(43-18)34-14-30-20-22(28)31-26(29)32-23(20)34/h7-10,14-15,18,21,25,36,38H,5-6,11-13H2,1-4H3,(H,33,39)(H4,28,29,31,32)/t15?,18-,21-,25-,27-,45-/m1/s1. The van der Waals surface area contributed by atoms with Crippen molar-refractivity contribution < 1.29 is 47.6 Å². The van der Waals surface area contributed by atoms with Crippen molar-refractivity contribution in [1.29, 1.82) is 0 Å². The van der Waals surface area contributed by atoms with Gasteiger partial charge in [-0.25, -0.2) is 9.55 Å². The van der Waals surface area contributed by atoms with Crippen LogP contribution < -0.4 is 21.1 Å². The molecule has 0 radical (unpaired) electrons. The number of fused-ring (bicyclic) bond motifs is 1. The molecule has 1 aromatic carbocycles. The zero-order valence-electron chi connectivity index (χ0n) is 25.3. The summed E-state index contributed by atoms with van der Waals surface area (Å²) in [6, 6.07) is 5.41. The van der Waals surface area contributed by atoms with Gasteiger partial charge in [0, 0.05) is 6.42 Å². The third kappa shape index (κ3) is 7.69. The Morgan fingerprint density at radius 1 is 1.20 bits per heavy atom. The highest BCUT2D eigenvalue weighted by Gasteiger charge is 2.54. The molecule has 0 bridgehead atoms. The van der Waals surface area contributed by atoms with E-state index in [1.165, 1.54) is 30.8 Å². The summed E-state index contributed by atoms with van der Waals surface area (Å²) in [6.07, 6.45) is -2.53. The van der Waals surface area contributed by atoms with Crippen LogP contribution in [-0.2, 0) is 39.3 Å². The third-order valence-electron chi connectivity index (χ3n) is 6.97. The number of carbonyl (C=O) groups excluding carboxylic acids is 2. The summed E-state index contributed by atoms with van der Waals surface area (Å²) < 4.78 is 43.1. The van der Waals surface area contributed by atoms with Crippen molar-refractivity contribution in [2.75, 3.05) is 31.3 Å². The molecule has 1 unspecified atom stereocenters. The molecule has 0 saturated carbocycles. The lowest BCUT2D eigenvalue weighted by molar-refractivity contribution is -0.145. The summed E-state index contributed by atoms with van der Waals surface area (Å²) >= 11 is 0. The molecule has 3 aromatic rings. The Morgan fingerprint density at radius 2 is 1.91 bits per heavy atom. The molecule has 7 N–H and O–H groups in total. The van der Waals surface area contributed by atoms with Gasteiger partial charge in [-0.2, -0.15) is 15.1 Å². The predicted octanol–water partition coefficient (Wildman–Crippen LogP) is 1.24. The quantitative estimate of drug-likeness (QED) is 0.122. The monoisotopic (exact) mass is 651 g/mol. The number of nitrogens with one attached hydrogen (secondary N) is 1. The highest BCUT2D eigenvalue weighted by molar-refractivity contribution is 7.52. The number of benzene rings is 1. The fraction of sp³-hybridized carbons (Fsp3) is 0.519. The number of hydrogen-bond donors (Lipinski definition) is 5. The number of carbonyl (C=O) groups is 2. The highest BCUT2D eigenvalue weighted by Crippen LogP contribution is 2.48. The first-order valence-corrected chi connectivity index (χ1v) is 15.8. The van der Waals surface area contributed by atoms with Gasteiger partial charge in [-0.15, -0.1) is 0 Å². The molecule has 3 heterocycles. The molecule has 6 atom stereocenters. The average molecular weight is 652 g/mol. The number of aromatic nitrogens is 4. The molecule has 0 amide bonds. The van der Waals surface area contributed by atoms with Crippen molar-refractivity contribution in [2.24, 2.45) is 0 Å². The lowest BCUT2D eigenvalue weighted by atomic mass is 9.96. The van der Waals surface area contributed by atoms with Crippen molar-refractivity contribution in [2.45, 2.75) is 70.6 Å². The number of ether oxygens (including phenoxy) is 3. The molecule has 246 valence electrons. The average Bonchev–Trinajstić information content (AvgIpc) is 3.49. The number of rotatable bonds is 14. The van der Waals surface area contributed by atoms with E-state index in [9.17, 15) is 24.4 Å². The second-order valence-corrected chi connectivity index (χ2v) is 12.1. The zero-order valence-corrected chi connectivity index (χ0v) is 26.2. The van der Waals surface area contributed by atoms with Crippen LogP contribution in [0.5, 0.6) is 5.75 Å². The number of esters is 2. The van der Waals surface area contributed by atoms with E-state index in [1.54, 1.807) is 32.0 Å². The maximum absolute atomic E-state index is 14.2. The Labute approximate surface area is 258 Å². The number of hydrogen-bond acceptors (Lipinski definition) is 15. The molecule has 4 rings (SSSR count). The van der Waals surface area contributed by atoms with Gasteiger partial charge in [-0.1, -0.05) is 18.2 Å². The second-order valence-electron chi connectivity index (χ2n) is 10.4. The van der Waals surface area contributed by atoms with Crippen LogP contribution in [0.1, 0.15) is 45.9 Å². The molecule has 1 fully saturated rings. The number of nitrogens with two attached hydrogens (primary N) is 2. The SMILES string of the molecule is CCOC(=O)CCc1ccccc1O[P@@](=O)(NC(C)C(=O)OCC)OC[C@H]1O[C@@H](n2cnc3c(N)nc(N)nc32)[C@](C)(O)[C@@H]1O. The van der Waals surface area contributed by atoms with Gasteiger partial charge in [0.05, 0.1) is 26.1 Å². The summed E-state index contributed by atoms with van der Waals surface area (Å²) in [5, 5.41) is 24.9. The number of para-hydroxylation sites is 1. The predicted molar refractivity (Wildman–Crippen MR) is 160 cm³/mol. The maximum Gasteiger partial charge on any atom is 0.459 e. The molecule has 1 aliphatic rings. The number of imidazole rings is 1. The van der Waals surface area contributed by atoms with Crippen LogP contribution in [0.3, 0.4) is 0 Å². The molecule has 1 aliphatic heterocycles. The van der Waals surface area contributed by atoms with Gasteiger partial charge in [0.25, 0.3) is 0 Å². The minimum atomic E-state index is -4.43. The van der Waals surface area contributed by atoms with Crippen LogP contribution in [0.25, 0.3) is 11.2 Å². The van der Waals surface area contributed by atoms with E-state index in [4.69, 9.17) is 34.7 Å². The summed E-state index contributed by atoms with van der Waals surface area (Å²) in [4.78, 5) is 36.5. The molecular weight excluding hydrogens is 613 g/mol. The number of aliphatic hydroxyl groups is 2. The Bertz CT molecular complexity index is 1570. The first-order chi connectivity index (χ1) is 21.3. The minimum Gasteiger partial charge on any atom is -0.466 e.